The highest BCUT2D eigenvalue weighted by molar-refractivity contribution is 5.76. The van der Waals surface area contributed by atoms with Gasteiger partial charge in [-0.25, -0.2) is 0 Å². The average Bonchev–Trinajstić information content (AvgIpc) is 2.80. The quantitative estimate of drug-likeness (QED) is 0.391. The van der Waals surface area contributed by atoms with Gasteiger partial charge in [0.15, 0.2) is 0 Å². The third kappa shape index (κ3) is 5.78. The molecule has 0 bridgehead atoms. The minimum absolute atomic E-state index is 0.0120. The summed E-state index contributed by atoms with van der Waals surface area (Å²) in [5, 5.41) is 24.8. The van der Waals surface area contributed by atoms with Gasteiger partial charge < -0.3 is 10.6 Å². The van der Waals surface area contributed by atoms with Crippen LogP contribution >= 0.6 is 0 Å². The van der Waals surface area contributed by atoms with Crippen LogP contribution in [0.5, 0.6) is 0 Å². The summed E-state index contributed by atoms with van der Waals surface area (Å²) in [5.74, 6) is 0. The highest BCUT2D eigenvalue weighted by Crippen LogP contribution is 2.32. The molecule has 0 unspecified atom stereocenters. The van der Waals surface area contributed by atoms with Crippen molar-refractivity contribution in [3.63, 3.8) is 0 Å². The minimum Gasteiger partial charge on any atom is -0.380 e. The number of nitrogens with zero attached hydrogens (tertiary/aromatic N) is 2. The maximum atomic E-state index is 13.0. The number of nitrogens with one attached hydrogen (secondary N) is 2. The largest absolute Gasteiger partial charge is 0.416 e. The van der Waals surface area contributed by atoms with Crippen LogP contribution in [0, 0.1) is 22.7 Å². The lowest BCUT2D eigenvalue weighted by Gasteiger charge is -2.16. The first-order valence-electron chi connectivity index (χ1n) is 9.80. The van der Waals surface area contributed by atoms with Gasteiger partial charge in [-0.3, -0.25) is 0 Å². The number of rotatable bonds is 6. The third-order valence-corrected chi connectivity index (χ3v) is 4.90. The van der Waals surface area contributed by atoms with E-state index in [1.807, 2.05) is 12.1 Å². The number of hydrogen-bond donors (Lipinski definition) is 2. The summed E-state index contributed by atoms with van der Waals surface area (Å²) >= 11 is 0. The van der Waals surface area contributed by atoms with Crippen molar-refractivity contribution in [1.29, 1.82) is 10.5 Å². The lowest BCUT2D eigenvalue weighted by Crippen LogP contribution is -2.10. The van der Waals surface area contributed by atoms with Crippen molar-refractivity contribution in [2.75, 3.05) is 10.6 Å². The first-order valence-corrected chi connectivity index (χ1v) is 9.80. The zero-order valence-corrected chi connectivity index (χ0v) is 17.3. The van der Waals surface area contributed by atoms with Gasteiger partial charge in [-0.2, -0.15) is 36.9 Å². The Bertz CT molecular complexity index is 1270. The van der Waals surface area contributed by atoms with Crippen molar-refractivity contribution in [1.82, 2.24) is 0 Å². The number of nitriles is 2. The summed E-state index contributed by atoms with van der Waals surface area (Å²) in [7, 11) is 0. The third-order valence-electron chi connectivity index (χ3n) is 4.90. The van der Waals surface area contributed by atoms with Crippen LogP contribution in [0.3, 0.4) is 0 Å². The summed E-state index contributed by atoms with van der Waals surface area (Å²) in [5.41, 5.74) is -0.570. The van der Waals surface area contributed by atoms with Gasteiger partial charge in [0.1, 0.15) is 12.1 Å². The number of anilines is 2. The van der Waals surface area contributed by atoms with E-state index >= 15 is 0 Å². The molecule has 2 N–H and O–H groups in total. The lowest BCUT2D eigenvalue weighted by atomic mass is 10.0. The Morgan fingerprint density at radius 1 is 0.676 bits per heavy atom. The summed E-state index contributed by atoms with van der Waals surface area (Å²) in [6.45, 7) is -0.123. The van der Waals surface area contributed by atoms with E-state index in [4.69, 9.17) is 0 Å². The van der Waals surface area contributed by atoms with Gasteiger partial charge in [-0.05, 0) is 47.5 Å². The molecule has 0 heterocycles. The fourth-order valence-corrected chi connectivity index (χ4v) is 3.25. The minimum atomic E-state index is -4.51. The van der Waals surface area contributed by atoms with Crippen LogP contribution in [-0.2, 0) is 25.4 Å². The molecule has 10 heteroatoms. The van der Waals surface area contributed by atoms with Gasteiger partial charge in [0, 0.05) is 13.1 Å². The fourth-order valence-electron chi connectivity index (χ4n) is 3.25. The van der Waals surface area contributed by atoms with Crippen LogP contribution < -0.4 is 10.6 Å². The first kappa shape index (κ1) is 24.5. The number of benzene rings is 3. The highest BCUT2D eigenvalue weighted by atomic mass is 19.4. The predicted molar refractivity (Wildman–Crippen MR) is 113 cm³/mol. The maximum Gasteiger partial charge on any atom is 0.416 e. The fraction of sp³-hybridized carbons (Fsp3) is 0.167. The van der Waals surface area contributed by atoms with Crippen molar-refractivity contribution in [2.24, 2.45) is 0 Å². The van der Waals surface area contributed by atoms with Crippen molar-refractivity contribution < 1.29 is 26.3 Å². The van der Waals surface area contributed by atoms with E-state index in [9.17, 15) is 36.9 Å². The molecular weight excluding hydrogens is 458 g/mol. The molecule has 0 aliphatic heterocycles. The van der Waals surface area contributed by atoms with Gasteiger partial charge in [-0.15, -0.1) is 0 Å². The van der Waals surface area contributed by atoms with Gasteiger partial charge in [0.05, 0.1) is 33.6 Å². The van der Waals surface area contributed by atoms with Crippen LogP contribution in [-0.4, -0.2) is 0 Å². The maximum absolute atomic E-state index is 13.0. The summed E-state index contributed by atoms with van der Waals surface area (Å²) in [4.78, 5) is 0. The summed E-state index contributed by atoms with van der Waals surface area (Å²) in [6.07, 6.45) is -9.01. The standard InChI is InChI=1S/C24H16F6N4/c25-23(26,27)18-5-1-3-15(9-18)13-33-21-8-7-17(11-31)22(20(21)12-32)34-14-16-4-2-6-19(10-16)24(28,29)30/h1-10,33-34H,13-14H2. The molecule has 0 atom stereocenters. The Labute approximate surface area is 191 Å². The SMILES string of the molecule is N#Cc1ccc(NCc2cccc(C(F)(F)F)c2)c(C#N)c1NCc1cccc(C(F)(F)F)c1. The molecule has 0 radical (unpaired) electrons. The predicted octanol–water partition coefficient (Wildman–Crippen LogP) is 6.69. The number of hydrogen-bond acceptors (Lipinski definition) is 4. The van der Waals surface area contributed by atoms with Crippen molar-refractivity contribution in [3.8, 4) is 12.1 Å². The Morgan fingerprint density at radius 3 is 1.68 bits per heavy atom. The molecule has 4 nitrogen and oxygen atoms in total. The molecule has 3 rings (SSSR count). The van der Waals surface area contributed by atoms with E-state index in [1.165, 1.54) is 36.4 Å². The molecule has 0 saturated heterocycles. The smallest absolute Gasteiger partial charge is 0.380 e. The Hall–Kier alpha value is -4.18. The number of halogens is 6. The monoisotopic (exact) mass is 474 g/mol. The molecule has 0 saturated carbocycles. The molecule has 174 valence electrons. The number of alkyl halides is 6. The highest BCUT2D eigenvalue weighted by Gasteiger charge is 2.31. The van der Waals surface area contributed by atoms with E-state index in [0.29, 0.717) is 5.56 Å². The van der Waals surface area contributed by atoms with E-state index in [-0.39, 0.29) is 41.2 Å². The van der Waals surface area contributed by atoms with Crippen molar-refractivity contribution in [3.05, 3.63) is 94.0 Å². The Morgan fingerprint density at radius 2 is 1.21 bits per heavy atom. The van der Waals surface area contributed by atoms with E-state index in [1.54, 1.807) is 0 Å². The van der Waals surface area contributed by atoms with Crippen LogP contribution in [0.15, 0.2) is 60.7 Å². The van der Waals surface area contributed by atoms with Gasteiger partial charge in [0.2, 0.25) is 0 Å². The molecule has 3 aromatic carbocycles. The molecule has 3 aromatic rings. The van der Waals surface area contributed by atoms with E-state index < -0.39 is 23.5 Å². The van der Waals surface area contributed by atoms with Crippen molar-refractivity contribution in [2.45, 2.75) is 25.4 Å². The topological polar surface area (TPSA) is 71.6 Å². The zero-order chi connectivity index (χ0) is 24.9. The first-order chi connectivity index (χ1) is 16.0. The molecule has 0 aromatic heterocycles. The Balaban J connectivity index is 1.84. The second-order valence-electron chi connectivity index (χ2n) is 7.24. The zero-order valence-electron chi connectivity index (χ0n) is 17.3. The van der Waals surface area contributed by atoms with Crippen LogP contribution in [0.1, 0.15) is 33.4 Å². The lowest BCUT2D eigenvalue weighted by molar-refractivity contribution is -0.138. The molecular formula is C24H16F6N4. The molecule has 34 heavy (non-hydrogen) atoms. The molecule has 0 aliphatic carbocycles. The van der Waals surface area contributed by atoms with E-state index in [2.05, 4.69) is 10.6 Å². The molecule has 0 fully saturated rings. The summed E-state index contributed by atoms with van der Waals surface area (Å²) < 4.78 is 77.7. The van der Waals surface area contributed by atoms with Gasteiger partial charge in [-0.1, -0.05) is 24.3 Å². The second kappa shape index (κ2) is 9.75. The van der Waals surface area contributed by atoms with Crippen molar-refractivity contribution >= 4 is 11.4 Å². The normalized spacial score (nSPS) is 11.4. The molecule has 0 spiro atoms. The second-order valence-corrected chi connectivity index (χ2v) is 7.24. The van der Waals surface area contributed by atoms with Crippen LogP contribution in [0.2, 0.25) is 0 Å². The Kier molecular flexibility index (Phi) is 7.02. The summed E-state index contributed by atoms with van der Waals surface area (Å²) in [6, 6.07) is 16.0. The average molecular weight is 474 g/mol. The molecule has 0 amide bonds. The van der Waals surface area contributed by atoms with E-state index in [0.717, 1.165) is 24.3 Å². The molecule has 0 aliphatic rings. The van der Waals surface area contributed by atoms with Crippen LogP contribution in [0.4, 0.5) is 37.7 Å². The van der Waals surface area contributed by atoms with Gasteiger partial charge in [0.25, 0.3) is 0 Å². The van der Waals surface area contributed by atoms with Crippen LogP contribution in [0.25, 0.3) is 0 Å². The van der Waals surface area contributed by atoms with Gasteiger partial charge >= 0.3 is 12.4 Å².